The average Bonchev–Trinajstić information content (AvgIpc) is 2.26. The molecule has 0 bridgehead atoms. The number of rotatable bonds is 2. The van der Waals surface area contributed by atoms with Crippen LogP contribution in [0.4, 0.5) is 4.79 Å². The molecule has 1 rings (SSSR count). The molecule has 20 heavy (non-hydrogen) atoms. The van der Waals surface area contributed by atoms with Crippen LogP contribution in [0.2, 0.25) is 0 Å². The normalized spacial score (nSPS) is 9.95. The van der Waals surface area contributed by atoms with Crippen LogP contribution in [-0.4, -0.2) is 38.9 Å². The highest BCUT2D eigenvalue weighted by molar-refractivity contribution is 5.91. The van der Waals surface area contributed by atoms with E-state index in [1.54, 1.807) is 20.8 Å². The molecule has 0 aliphatic rings. The molecule has 1 aromatic rings. The number of carbonyl (C=O) groups is 3. The lowest BCUT2D eigenvalue weighted by molar-refractivity contribution is 0.0681. The molecule has 7 nitrogen and oxygen atoms in total. The summed E-state index contributed by atoms with van der Waals surface area (Å²) in [6.45, 7) is 5.38. The van der Waals surface area contributed by atoms with E-state index in [0.29, 0.717) is 0 Å². The first-order valence-corrected chi connectivity index (χ1v) is 5.60. The highest BCUT2D eigenvalue weighted by atomic mass is 16.4. The number of carboxylic acids is 2. The fraction of sp³-hybridized carbons (Fsp3) is 0.308. The molecular weight excluding hydrogens is 266 g/mol. The van der Waals surface area contributed by atoms with Crippen molar-refractivity contribution in [3.05, 3.63) is 35.4 Å². The van der Waals surface area contributed by atoms with Crippen LogP contribution in [0.3, 0.4) is 0 Å². The first-order valence-electron chi connectivity index (χ1n) is 5.60. The van der Waals surface area contributed by atoms with Gasteiger partial charge in [0.05, 0.1) is 11.1 Å². The lowest BCUT2D eigenvalue weighted by Gasteiger charge is -2.16. The number of nitrogens with one attached hydrogen (secondary N) is 1. The van der Waals surface area contributed by atoms with Gasteiger partial charge in [0.25, 0.3) is 0 Å². The van der Waals surface area contributed by atoms with E-state index in [0.717, 1.165) is 0 Å². The van der Waals surface area contributed by atoms with Gasteiger partial charge in [-0.15, -0.1) is 0 Å². The van der Waals surface area contributed by atoms with Crippen molar-refractivity contribution in [1.29, 1.82) is 0 Å². The van der Waals surface area contributed by atoms with Crippen LogP contribution in [0.15, 0.2) is 24.3 Å². The van der Waals surface area contributed by atoms with E-state index in [4.69, 9.17) is 15.3 Å². The molecule has 0 saturated carbocycles. The summed E-state index contributed by atoms with van der Waals surface area (Å²) in [5.74, 6) is -2.13. The van der Waals surface area contributed by atoms with Crippen LogP contribution in [0.5, 0.6) is 0 Å². The zero-order chi connectivity index (χ0) is 15.9. The van der Waals surface area contributed by atoms with Crippen LogP contribution >= 0.6 is 0 Å². The van der Waals surface area contributed by atoms with Gasteiger partial charge >= 0.3 is 18.0 Å². The van der Waals surface area contributed by atoms with E-state index in [2.05, 4.69) is 5.32 Å². The Morgan fingerprint density at radius 1 is 0.850 bits per heavy atom. The molecule has 0 atom stereocenters. The third-order valence-corrected chi connectivity index (χ3v) is 1.86. The van der Waals surface area contributed by atoms with E-state index in [1.807, 2.05) is 0 Å². The molecular formula is C13H17NO6. The van der Waals surface area contributed by atoms with E-state index in [-0.39, 0.29) is 16.7 Å². The van der Waals surface area contributed by atoms with Crippen molar-refractivity contribution in [2.24, 2.45) is 0 Å². The van der Waals surface area contributed by atoms with Crippen LogP contribution in [0, 0.1) is 0 Å². The lowest BCUT2D eigenvalue weighted by atomic mass is 10.1. The maximum absolute atomic E-state index is 10.3. The largest absolute Gasteiger partial charge is 0.478 e. The zero-order valence-electron chi connectivity index (χ0n) is 11.4. The smallest absolute Gasteiger partial charge is 0.405 e. The van der Waals surface area contributed by atoms with Crippen LogP contribution in [-0.2, 0) is 0 Å². The van der Waals surface area contributed by atoms with Crippen molar-refractivity contribution in [3.8, 4) is 0 Å². The Kier molecular flexibility index (Phi) is 6.21. The predicted octanol–water partition coefficient (Wildman–Crippen LogP) is 2.14. The topological polar surface area (TPSA) is 124 Å². The Hall–Kier alpha value is -2.57. The van der Waals surface area contributed by atoms with Gasteiger partial charge in [0, 0.05) is 5.54 Å². The van der Waals surface area contributed by atoms with Gasteiger partial charge in [-0.1, -0.05) is 0 Å². The lowest BCUT2D eigenvalue weighted by Crippen LogP contribution is -2.39. The minimum Gasteiger partial charge on any atom is -0.478 e. The first kappa shape index (κ1) is 17.4. The Morgan fingerprint density at radius 2 is 1.15 bits per heavy atom. The van der Waals surface area contributed by atoms with Gasteiger partial charge in [-0.2, -0.15) is 0 Å². The van der Waals surface area contributed by atoms with Crippen LogP contribution in [0.1, 0.15) is 41.5 Å². The molecule has 1 aromatic carbocycles. The summed E-state index contributed by atoms with van der Waals surface area (Å²) >= 11 is 0. The second kappa shape index (κ2) is 7.13. The maximum atomic E-state index is 10.3. The standard InChI is InChI=1S/C8H6O4.C5H11NO2/c9-7(10)5-1-2-6(4-3-5)8(11)12;1-5(2,3)6-4(7)8/h1-4H,(H,9,10)(H,11,12);6H,1-3H3,(H,7,8). The summed E-state index contributed by atoms with van der Waals surface area (Å²) in [5, 5.41) is 27.4. The van der Waals surface area contributed by atoms with Gasteiger partial charge in [-0.25, -0.2) is 14.4 Å². The minimum absolute atomic E-state index is 0.0833. The number of benzene rings is 1. The van der Waals surface area contributed by atoms with E-state index >= 15 is 0 Å². The molecule has 4 N–H and O–H groups in total. The highest BCUT2D eigenvalue weighted by Crippen LogP contribution is 2.03. The Balaban J connectivity index is 0.000000396. The number of amides is 1. The van der Waals surface area contributed by atoms with Gasteiger partial charge in [-0.3, -0.25) is 0 Å². The van der Waals surface area contributed by atoms with Crippen molar-refractivity contribution in [1.82, 2.24) is 5.32 Å². The summed E-state index contributed by atoms with van der Waals surface area (Å²) in [5.41, 5.74) is -0.161. The van der Waals surface area contributed by atoms with E-state index in [9.17, 15) is 14.4 Å². The summed E-state index contributed by atoms with van der Waals surface area (Å²) in [6.07, 6.45) is -0.975. The molecule has 7 heteroatoms. The molecule has 0 aliphatic heterocycles. The zero-order valence-corrected chi connectivity index (χ0v) is 11.4. The molecule has 1 amide bonds. The molecule has 0 radical (unpaired) electrons. The van der Waals surface area contributed by atoms with Gasteiger partial charge < -0.3 is 20.6 Å². The predicted molar refractivity (Wildman–Crippen MR) is 71.3 cm³/mol. The third kappa shape index (κ3) is 7.70. The fourth-order valence-corrected chi connectivity index (χ4v) is 1.08. The molecule has 0 aromatic heterocycles. The molecule has 0 unspecified atom stereocenters. The highest BCUT2D eigenvalue weighted by Gasteiger charge is 2.11. The second-order valence-electron chi connectivity index (χ2n) is 4.87. The number of hydrogen-bond donors (Lipinski definition) is 4. The molecule has 110 valence electrons. The van der Waals surface area contributed by atoms with Gasteiger partial charge in [0.15, 0.2) is 0 Å². The minimum atomic E-state index is -1.06. The summed E-state index contributed by atoms with van der Waals surface area (Å²) < 4.78 is 0. The Morgan fingerprint density at radius 3 is 1.25 bits per heavy atom. The SMILES string of the molecule is CC(C)(C)NC(=O)O.O=C(O)c1ccc(C(=O)O)cc1. The molecule has 0 fully saturated rings. The summed E-state index contributed by atoms with van der Waals surface area (Å²) in [4.78, 5) is 30.6. The van der Waals surface area contributed by atoms with Crippen molar-refractivity contribution in [2.45, 2.75) is 26.3 Å². The van der Waals surface area contributed by atoms with E-state index < -0.39 is 18.0 Å². The Bertz CT molecular complexity index is 454. The molecule has 0 aliphatic carbocycles. The summed E-state index contributed by atoms with van der Waals surface area (Å²) in [7, 11) is 0. The number of aromatic carboxylic acids is 2. The van der Waals surface area contributed by atoms with Crippen molar-refractivity contribution in [2.75, 3.05) is 0 Å². The molecule has 0 spiro atoms. The van der Waals surface area contributed by atoms with E-state index in [1.165, 1.54) is 24.3 Å². The number of carboxylic acid groups (broad SMARTS) is 3. The monoisotopic (exact) mass is 283 g/mol. The summed E-state index contributed by atoms with van der Waals surface area (Å²) in [6, 6.07) is 5.02. The molecule has 0 heterocycles. The number of hydrogen-bond acceptors (Lipinski definition) is 3. The van der Waals surface area contributed by atoms with Crippen molar-refractivity contribution in [3.63, 3.8) is 0 Å². The van der Waals surface area contributed by atoms with Crippen molar-refractivity contribution >= 4 is 18.0 Å². The fourth-order valence-electron chi connectivity index (χ4n) is 1.08. The van der Waals surface area contributed by atoms with Crippen LogP contribution in [0.25, 0.3) is 0 Å². The van der Waals surface area contributed by atoms with Gasteiger partial charge in [0.2, 0.25) is 0 Å². The van der Waals surface area contributed by atoms with Crippen LogP contribution < -0.4 is 5.32 Å². The third-order valence-electron chi connectivity index (χ3n) is 1.86. The van der Waals surface area contributed by atoms with Gasteiger partial charge in [0.1, 0.15) is 0 Å². The first-order chi connectivity index (χ1) is 9.03. The second-order valence-corrected chi connectivity index (χ2v) is 4.87. The maximum Gasteiger partial charge on any atom is 0.405 e. The Labute approximate surface area is 115 Å². The van der Waals surface area contributed by atoms with Crippen molar-refractivity contribution < 1.29 is 29.7 Å². The quantitative estimate of drug-likeness (QED) is 0.659. The van der Waals surface area contributed by atoms with Gasteiger partial charge in [-0.05, 0) is 45.0 Å². The molecule has 0 saturated heterocycles. The average molecular weight is 283 g/mol.